The molecule has 4 unspecified atom stereocenters. The summed E-state index contributed by atoms with van der Waals surface area (Å²) in [5, 5.41) is 9.45. The molecular formula is C17H24F6O3. The zero-order valence-corrected chi connectivity index (χ0v) is 14.9. The van der Waals surface area contributed by atoms with Crippen molar-refractivity contribution in [3.8, 4) is 0 Å². The van der Waals surface area contributed by atoms with Crippen LogP contribution in [0.15, 0.2) is 12.2 Å². The second-order valence-electron chi connectivity index (χ2n) is 7.39. The van der Waals surface area contributed by atoms with Crippen LogP contribution in [0.25, 0.3) is 0 Å². The van der Waals surface area contributed by atoms with Gasteiger partial charge in [-0.1, -0.05) is 13.5 Å². The van der Waals surface area contributed by atoms with Gasteiger partial charge in [0.05, 0.1) is 6.10 Å². The van der Waals surface area contributed by atoms with E-state index in [2.05, 4.69) is 6.58 Å². The fourth-order valence-corrected chi connectivity index (χ4v) is 3.58. The lowest BCUT2D eigenvalue weighted by Crippen LogP contribution is -2.58. The van der Waals surface area contributed by atoms with Crippen LogP contribution in [0.4, 0.5) is 26.3 Å². The maximum Gasteiger partial charge on any atom is 0.426 e. The van der Waals surface area contributed by atoms with E-state index in [9.17, 15) is 36.2 Å². The molecule has 1 fully saturated rings. The summed E-state index contributed by atoms with van der Waals surface area (Å²) in [6, 6.07) is 0. The van der Waals surface area contributed by atoms with Gasteiger partial charge in [-0.25, -0.2) is 4.79 Å². The van der Waals surface area contributed by atoms with Crippen molar-refractivity contribution in [3.05, 3.63) is 12.2 Å². The number of ether oxygens (including phenoxy) is 1. The van der Waals surface area contributed by atoms with Gasteiger partial charge in [0.15, 0.2) is 0 Å². The van der Waals surface area contributed by atoms with Crippen molar-refractivity contribution in [1.29, 1.82) is 0 Å². The van der Waals surface area contributed by atoms with Crippen LogP contribution in [-0.2, 0) is 9.53 Å². The number of alkyl halides is 6. The van der Waals surface area contributed by atoms with Crippen LogP contribution in [0.2, 0.25) is 0 Å². The van der Waals surface area contributed by atoms with E-state index in [4.69, 9.17) is 4.74 Å². The molecule has 1 aliphatic rings. The monoisotopic (exact) mass is 390 g/mol. The third kappa shape index (κ3) is 5.14. The van der Waals surface area contributed by atoms with Crippen molar-refractivity contribution in [2.24, 2.45) is 17.8 Å². The maximum atomic E-state index is 13.0. The van der Waals surface area contributed by atoms with Gasteiger partial charge in [-0.05, 0) is 57.3 Å². The van der Waals surface area contributed by atoms with Gasteiger partial charge >= 0.3 is 18.3 Å². The third-order valence-corrected chi connectivity index (χ3v) is 4.86. The molecule has 0 saturated heterocycles. The van der Waals surface area contributed by atoms with Crippen LogP contribution in [0, 0.1) is 17.8 Å². The summed E-state index contributed by atoms with van der Waals surface area (Å²) in [4.78, 5) is 11.5. The predicted molar refractivity (Wildman–Crippen MR) is 82.0 cm³/mol. The smallest absolute Gasteiger partial charge is 0.426 e. The number of aliphatic hydroxyl groups is 1. The summed E-state index contributed by atoms with van der Waals surface area (Å²) in [5.41, 5.74) is -4.60. The normalized spacial score (nSPS) is 25.8. The van der Waals surface area contributed by atoms with Gasteiger partial charge in [-0.2, -0.15) is 26.3 Å². The standard InChI is InChI=1S/C17H24F6O3/c1-9(2)14(24)26-11(4)7-12-5-10(3)6-13(12)8-15(25,16(18,19)20)17(21,22)23/h10-13,25H,1,5-8H2,2-4H3. The maximum absolute atomic E-state index is 13.0. The van der Waals surface area contributed by atoms with Crippen LogP contribution in [0.1, 0.15) is 46.5 Å². The lowest BCUT2D eigenvalue weighted by molar-refractivity contribution is -0.373. The van der Waals surface area contributed by atoms with Crippen LogP contribution >= 0.6 is 0 Å². The molecule has 1 rings (SSSR count). The molecule has 0 bridgehead atoms. The van der Waals surface area contributed by atoms with Gasteiger partial charge in [0, 0.05) is 5.57 Å². The van der Waals surface area contributed by atoms with Crippen molar-refractivity contribution in [2.75, 3.05) is 0 Å². The molecule has 0 amide bonds. The van der Waals surface area contributed by atoms with Gasteiger partial charge in [0.1, 0.15) is 0 Å². The number of halogens is 6. The largest absolute Gasteiger partial charge is 0.459 e. The van der Waals surface area contributed by atoms with Gasteiger partial charge in [-0.15, -0.1) is 0 Å². The molecule has 1 N–H and O–H groups in total. The summed E-state index contributed by atoms with van der Waals surface area (Å²) in [5.74, 6) is -2.25. The Hall–Kier alpha value is -1.25. The first-order valence-electron chi connectivity index (χ1n) is 8.30. The Morgan fingerprint density at radius 1 is 1.15 bits per heavy atom. The number of hydrogen-bond donors (Lipinski definition) is 1. The lowest BCUT2D eigenvalue weighted by atomic mass is 9.81. The van der Waals surface area contributed by atoms with Gasteiger partial charge in [0.25, 0.3) is 5.60 Å². The van der Waals surface area contributed by atoms with Crippen molar-refractivity contribution in [2.45, 2.75) is 70.5 Å². The Bertz CT molecular complexity index is 512. The van der Waals surface area contributed by atoms with Crippen molar-refractivity contribution >= 4 is 5.97 Å². The molecule has 9 heteroatoms. The van der Waals surface area contributed by atoms with Crippen LogP contribution in [-0.4, -0.2) is 35.1 Å². The molecule has 26 heavy (non-hydrogen) atoms. The topological polar surface area (TPSA) is 46.5 Å². The third-order valence-electron chi connectivity index (χ3n) is 4.86. The molecule has 0 aromatic rings. The van der Waals surface area contributed by atoms with E-state index in [-0.39, 0.29) is 24.3 Å². The minimum Gasteiger partial charge on any atom is -0.459 e. The molecule has 0 heterocycles. The van der Waals surface area contributed by atoms with Crippen LogP contribution < -0.4 is 0 Å². The van der Waals surface area contributed by atoms with E-state index in [0.29, 0.717) is 6.42 Å². The molecule has 4 atom stereocenters. The molecule has 0 aromatic heterocycles. The zero-order chi connectivity index (χ0) is 20.5. The number of carbonyl (C=O) groups excluding carboxylic acids is 1. The van der Waals surface area contributed by atoms with E-state index in [0.717, 1.165) is 0 Å². The first-order valence-corrected chi connectivity index (χ1v) is 8.30. The Morgan fingerprint density at radius 3 is 2.04 bits per heavy atom. The summed E-state index contributed by atoms with van der Waals surface area (Å²) in [6.07, 6.45) is -13.1. The van der Waals surface area contributed by atoms with E-state index < -0.39 is 48.3 Å². The summed E-state index contributed by atoms with van der Waals surface area (Å²) >= 11 is 0. The number of carbonyl (C=O) groups is 1. The van der Waals surface area contributed by atoms with Crippen molar-refractivity contribution in [1.82, 2.24) is 0 Å². The summed E-state index contributed by atoms with van der Waals surface area (Å²) in [6.45, 7) is 8.11. The summed E-state index contributed by atoms with van der Waals surface area (Å²) < 4.78 is 82.8. The number of hydrogen-bond acceptors (Lipinski definition) is 3. The highest BCUT2D eigenvalue weighted by molar-refractivity contribution is 5.87. The fraction of sp³-hybridized carbons (Fsp3) is 0.824. The first-order chi connectivity index (χ1) is 11.6. The number of esters is 1. The molecule has 1 saturated carbocycles. The fourth-order valence-electron chi connectivity index (χ4n) is 3.58. The molecule has 0 spiro atoms. The number of rotatable bonds is 6. The highest BCUT2D eigenvalue weighted by atomic mass is 19.4. The van der Waals surface area contributed by atoms with Gasteiger partial charge < -0.3 is 9.84 Å². The SMILES string of the molecule is C=C(C)C(=O)OC(C)CC1CC(C)CC1CC(O)(C(F)(F)F)C(F)(F)F. The molecular weight excluding hydrogens is 366 g/mol. The second-order valence-corrected chi connectivity index (χ2v) is 7.39. The minimum absolute atomic E-state index is 0.0836. The first kappa shape index (κ1) is 22.8. The molecule has 0 aliphatic heterocycles. The Labute approximate surface area is 148 Å². The molecule has 3 nitrogen and oxygen atoms in total. The average Bonchev–Trinajstić information content (AvgIpc) is 2.75. The highest BCUT2D eigenvalue weighted by Crippen LogP contribution is 2.51. The van der Waals surface area contributed by atoms with Crippen molar-refractivity contribution < 1.29 is 41.0 Å². The Balaban J connectivity index is 2.92. The quantitative estimate of drug-likeness (QED) is 0.403. The van der Waals surface area contributed by atoms with Crippen LogP contribution in [0.5, 0.6) is 0 Å². The van der Waals surface area contributed by atoms with Gasteiger partial charge in [0.2, 0.25) is 0 Å². The Morgan fingerprint density at radius 2 is 1.62 bits per heavy atom. The van der Waals surface area contributed by atoms with E-state index in [1.807, 2.05) is 0 Å². The molecule has 0 aromatic carbocycles. The van der Waals surface area contributed by atoms with Crippen LogP contribution in [0.3, 0.4) is 0 Å². The predicted octanol–water partition coefficient (Wildman–Crippen LogP) is 4.79. The van der Waals surface area contributed by atoms with E-state index in [1.165, 1.54) is 13.8 Å². The molecule has 0 radical (unpaired) electrons. The van der Waals surface area contributed by atoms with Crippen molar-refractivity contribution in [3.63, 3.8) is 0 Å². The molecule has 152 valence electrons. The minimum atomic E-state index is -5.82. The zero-order valence-electron chi connectivity index (χ0n) is 14.9. The second kappa shape index (κ2) is 7.78. The summed E-state index contributed by atoms with van der Waals surface area (Å²) in [7, 11) is 0. The molecule has 1 aliphatic carbocycles. The highest BCUT2D eigenvalue weighted by Gasteiger charge is 2.70. The Kier molecular flexibility index (Phi) is 6.82. The average molecular weight is 390 g/mol. The van der Waals surface area contributed by atoms with Gasteiger partial charge in [-0.3, -0.25) is 0 Å². The van der Waals surface area contributed by atoms with E-state index >= 15 is 0 Å². The van der Waals surface area contributed by atoms with E-state index in [1.54, 1.807) is 6.92 Å². The lowest BCUT2D eigenvalue weighted by Gasteiger charge is -2.36.